The first-order valence-corrected chi connectivity index (χ1v) is 11.7. The molecule has 1 aromatic heterocycles. The van der Waals surface area contributed by atoms with Gasteiger partial charge in [-0.2, -0.15) is 18.3 Å². The molecule has 2 aliphatic carbocycles. The first kappa shape index (κ1) is 23.3. The minimum Gasteiger partial charge on any atom is -0.387 e. The number of aromatic nitrogens is 2. The van der Waals surface area contributed by atoms with Crippen LogP contribution in [-0.4, -0.2) is 37.4 Å². The Morgan fingerprint density at radius 3 is 2.50 bits per heavy atom. The van der Waals surface area contributed by atoms with Gasteiger partial charge in [0.15, 0.2) is 5.60 Å². The molecule has 0 radical (unpaired) electrons. The number of fused-ring (bicyclic) bond motifs is 4. The first-order valence-electron chi connectivity index (χ1n) is 11.7. The van der Waals surface area contributed by atoms with Gasteiger partial charge in [0.1, 0.15) is 11.4 Å². The summed E-state index contributed by atoms with van der Waals surface area (Å²) >= 11 is 0. The van der Waals surface area contributed by atoms with E-state index < -0.39 is 35.1 Å². The quantitative estimate of drug-likeness (QED) is 0.473. The Labute approximate surface area is 195 Å². The molecule has 1 saturated carbocycles. The Balaban J connectivity index is 1.66. The predicted octanol–water partition coefficient (Wildman–Crippen LogP) is 5.60. The zero-order chi connectivity index (χ0) is 24.5. The Morgan fingerprint density at radius 2 is 1.85 bits per heavy atom. The zero-order valence-electron chi connectivity index (χ0n) is 19.2. The van der Waals surface area contributed by atoms with E-state index in [1.54, 1.807) is 23.0 Å². The third-order valence-electron chi connectivity index (χ3n) is 8.37. The van der Waals surface area contributed by atoms with Crippen molar-refractivity contribution in [3.05, 3.63) is 59.5 Å². The molecule has 1 heterocycles. The topological polar surface area (TPSA) is 58.3 Å². The van der Waals surface area contributed by atoms with Gasteiger partial charge in [-0.3, -0.25) is 0 Å². The number of benzene rings is 2. The average molecular weight is 477 g/mol. The molecule has 2 N–H and O–H groups in total. The average Bonchev–Trinajstić information content (AvgIpc) is 3.11. The fourth-order valence-electron chi connectivity index (χ4n) is 6.51. The summed E-state index contributed by atoms with van der Waals surface area (Å²) in [6.45, 7) is 3.06. The Morgan fingerprint density at radius 1 is 1.15 bits per heavy atom. The van der Waals surface area contributed by atoms with Crippen LogP contribution < -0.4 is 0 Å². The number of aryl methyl sites for hydroxylation is 1. The molecule has 1 fully saturated rings. The molecule has 8 heteroatoms. The molecule has 0 amide bonds. The Hall–Kier alpha value is -2.45. The first-order chi connectivity index (χ1) is 15.9. The number of halogens is 4. The lowest BCUT2D eigenvalue weighted by molar-refractivity contribution is -0.337. The van der Waals surface area contributed by atoms with Gasteiger partial charge in [0.2, 0.25) is 0 Å². The second-order valence-corrected chi connectivity index (χ2v) is 10.2. The van der Waals surface area contributed by atoms with Crippen LogP contribution in [0.25, 0.3) is 16.6 Å². The Bertz CT molecular complexity index is 1230. The standard InChI is InChI=1S/C26H28F4N2O2/c1-3-24-15-23(2,33)25(34,26(28,29)30)13-18(24)6-4-5-16-12-22-17(11-21(16)24)14-31-32(22)20-9-7-19(27)8-10-20/h7-12,14,18,33-34H,3-6,13,15H2,1-2H3/t18-,23-,24-,25+/m1/s1. The summed E-state index contributed by atoms with van der Waals surface area (Å²) in [7, 11) is 0. The summed E-state index contributed by atoms with van der Waals surface area (Å²) in [4.78, 5) is 0. The minimum absolute atomic E-state index is 0.179. The highest BCUT2D eigenvalue weighted by molar-refractivity contribution is 5.82. The number of hydrogen-bond donors (Lipinski definition) is 2. The van der Waals surface area contributed by atoms with Crippen molar-refractivity contribution in [1.29, 1.82) is 0 Å². The lowest BCUT2D eigenvalue weighted by Gasteiger charge is -2.57. The third-order valence-corrected chi connectivity index (χ3v) is 8.37. The normalized spacial score (nSPS) is 31.7. The second kappa shape index (κ2) is 7.52. The molecule has 0 spiro atoms. The van der Waals surface area contributed by atoms with Gasteiger partial charge >= 0.3 is 6.18 Å². The van der Waals surface area contributed by atoms with Gasteiger partial charge in [0.25, 0.3) is 0 Å². The van der Waals surface area contributed by atoms with Gasteiger partial charge in [0, 0.05) is 10.8 Å². The van der Waals surface area contributed by atoms with Gasteiger partial charge in [-0.1, -0.05) is 6.92 Å². The predicted molar refractivity (Wildman–Crippen MR) is 120 cm³/mol. The summed E-state index contributed by atoms with van der Waals surface area (Å²) in [5.74, 6) is -0.761. The summed E-state index contributed by atoms with van der Waals surface area (Å²) in [5.41, 5.74) is -2.66. The molecule has 3 aromatic rings. The summed E-state index contributed by atoms with van der Waals surface area (Å²) in [6.07, 6.45) is -1.47. The van der Waals surface area contributed by atoms with E-state index in [9.17, 15) is 27.8 Å². The van der Waals surface area contributed by atoms with E-state index in [1.807, 2.05) is 19.1 Å². The second-order valence-electron chi connectivity index (χ2n) is 10.2. The van der Waals surface area contributed by atoms with Crippen LogP contribution in [0.15, 0.2) is 42.6 Å². The maximum Gasteiger partial charge on any atom is 0.420 e. The fourth-order valence-corrected chi connectivity index (χ4v) is 6.51. The molecule has 5 rings (SSSR count). The van der Waals surface area contributed by atoms with Gasteiger partial charge < -0.3 is 10.2 Å². The maximum atomic E-state index is 14.0. The van der Waals surface area contributed by atoms with E-state index in [0.29, 0.717) is 31.4 Å². The van der Waals surface area contributed by atoms with Crippen molar-refractivity contribution in [2.75, 3.05) is 0 Å². The molecule has 0 saturated heterocycles. The highest BCUT2D eigenvalue weighted by Crippen LogP contribution is 2.60. The highest BCUT2D eigenvalue weighted by atomic mass is 19.4. The molecule has 182 valence electrons. The minimum atomic E-state index is -4.92. The van der Waals surface area contributed by atoms with Crippen LogP contribution in [0.4, 0.5) is 17.6 Å². The highest BCUT2D eigenvalue weighted by Gasteiger charge is 2.70. The van der Waals surface area contributed by atoms with Gasteiger partial charge in [0.05, 0.1) is 17.4 Å². The zero-order valence-corrected chi connectivity index (χ0v) is 19.2. The van der Waals surface area contributed by atoms with E-state index in [1.165, 1.54) is 12.1 Å². The monoisotopic (exact) mass is 476 g/mol. The van der Waals surface area contributed by atoms with E-state index in [-0.39, 0.29) is 12.2 Å². The smallest absolute Gasteiger partial charge is 0.387 e. The summed E-state index contributed by atoms with van der Waals surface area (Å²) < 4.78 is 57.0. The van der Waals surface area contributed by atoms with Crippen LogP contribution >= 0.6 is 0 Å². The number of nitrogens with zero attached hydrogens (tertiary/aromatic N) is 2. The lowest BCUT2D eigenvalue weighted by Crippen LogP contribution is -2.68. The van der Waals surface area contributed by atoms with Crippen LogP contribution in [-0.2, 0) is 11.8 Å². The van der Waals surface area contributed by atoms with Gasteiger partial charge in [-0.15, -0.1) is 0 Å². The van der Waals surface area contributed by atoms with E-state index >= 15 is 0 Å². The molecule has 0 bridgehead atoms. The summed E-state index contributed by atoms with van der Waals surface area (Å²) in [6, 6.07) is 10.1. The molecular formula is C26H28F4N2O2. The summed E-state index contributed by atoms with van der Waals surface area (Å²) in [5, 5.41) is 27.1. The van der Waals surface area contributed by atoms with Crippen molar-refractivity contribution in [2.45, 2.75) is 75.2 Å². The van der Waals surface area contributed by atoms with Gasteiger partial charge in [-0.25, -0.2) is 9.07 Å². The van der Waals surface area contributed by atoms with Crippen molar-refractivity contribution >= 4 is 10.9 Å². The van der Waals surface area contributed by atoms with Crippen molar-refractivity contribution in [2.24, 2.45) is 5.92 Å². The van der Waals surface area contributed by atoms with Crippen molar-refractivity contribution in [3.8, 4) is 5.69 Å². The number of aliphatic hydroxyl groups is 2. The molecule has 34 heavy (non-hydrogen) atoms. The lowest BCUT2D eigenvalue weighted by atomic mass is 9.52. The number of hydrogen-bond acceptors (Lipinski definition) is 3. The maximum absolute atomic E-state index is 14.0. The third kappa shape index (κ3) is 3.22. The fraction of sp³-hybridized carbons (Fsp3) is 0.500. The SMILES string of the molecule is CC[C@@]12C[C@@](C)(O)[C@](O)(C(F)(F)F)C[C@H]1CCCc1cc3c(cnn3-c3ccc(F)cc3)cc12. The van der Waals surface area contributed by atoms with E-state index in [2.05, 4.69) is 5.10 Å². The molecule has 4 atom stereocenters. The van der Waals surface area contributed by atoms with Crippen LogP contribution in [0.5, 0.6) is 0 Å². The molecule has 0 aliphatic heterocycles. The van der Waals surface area contributed by atoms with Gasteiger partial charge in [-0.05, 0) is 98.9 Å². The van der Waals surface area contributed by atoms with Crippen molar-refractivity contribution in [3.63, 3.8) is 0 Å². The Kier molecular flexibility index (Phi) is 5.15. The molecule has 2 aromatic carbocycles. The molecule has 2 aliphatic rings. The molecular weight excluding hydrogens is 448 g/mol. The largest absolute Gasteiger partial charge is 0.420 e. The van der Waals surface area contributed by atoms with E-state index in [0.717, 1.165) is 29.0 Å². The number of rotatable bonds is 2. The van der Waals surface area contributed by atoms with E-state index in [4.69, 9.17) is 0 Å². The van der Waals surface area contributed by atoms with Crippen LogP contribution in [0.2, 0.25) is 0 Å². The van der Waals surface area contributed by atoms with Crippen LogP contribution in [0.1, 0.15) is 57.1 Å². The van der Waals surface area contributed by atoms with Crippen LogP contribution in [0.3, 0.4) is 0 Å². The molecule has 0 unspecified atom stereocenters. The molecule has 4 nitrogen and oxygen atoms in total. The van der Waals surface area contributed by atoms with Crippen molar-refractivity contribution < 1.29 is 27.8 Å². The van der Waals surface area contributed by atoms with Crippen molar-refractivity contribution in [1.82, 2.24) is 9.78 Å². The van der Waals surface area contributed by atoms with Crippen LogP contribution in [0, 0.1) is 11.7 Å². The number of alkyl halides is 3.